The van der Waals surface area contributed by atoms with Crippen molar-refractivity contribution < 1.29 is 8.42 Å². The highest BCUT2D eigenvalue weighted by atomic mass is 35.5. The molecule has 3 N–H and O–H groups in total. The minimum Gasteiger partial charge on any atom is -0.398 e. The van der Waals surface area contributed by atoms with Crippen molar-refractivity contribution in [2.75, 3.05) is 10.5 Å². The van der Waals surface area contributed by atoms with Gasteiger partial charge in [0, 0.05) is 5.69 Å². The Morgan fingerprint density at radius 2 is 1.86 bits per heavy atom. The van der Waals surface area contributed by atoms with Crippen molar-refractivity contribution in [2.24, 2.45) is 0 Å². The van der Waals surface area contributed by atoms with Gasteiger partial charge in [-0.1, -0.05) is 17.7 Å². The summed E-state index contributed by atoms with van der Waals surface area (Å²) in [4.78, 5) is 4.11. The molecule has 0 radical (unpaired) electrons. The van der Waals surface area contributed by atoms with Gasteiger partial charge in [0.15, 0.2) is 0 Å². The number of rotatable bonds is 3. The van der Waals surface area contributed by atoms with Crippen molar-refractivity contribution in [1.82, 2.24) is 4.98 Å². The summed E-state index contributed by atoms with van der Waals surface area (Å²) >= 11 is 5.77. The Kier molecular flexibility index (Phi) is 4.11. The van der Waals surface area contributed by atoms with E-state index in [9.17, 15) is 8.42 Å². The van der Waals surface area contributed by atoms with Gasteiger partial charge in [-0.2, -0.15) is 0 Å². The molecule has 2 rings (SSSR count). The zero-order valence-electron chi connectivity index (χ0n) is 11.9. The monoisotopic (exact) mass is 325 g/mol. The Hall–Kier alpha value is -1.79. The second kappa shape index (κ2) is 5.54. The van der Waals surface area contributed by atoms with E-state index < -0.39 is 10.0 Å². The Balaban J connectivity index is 2.55. The number of hydrogen-bond acceptors (Lipinski definition) is 4. The van der Waals surface area contributed by atoms with Gasteiger partial charge < -0.3 is 5.73 Å². The summed E-state index contributed by atoms with van der Waals surface area (Å²) in [7, 11) is -3.79. The van der Waals surface area contributed by atoms with Gasteiger partial charge in [0.05, 0.1) is 4.90 Å². The van der Waals surface area contributed by atoms with E-state index in [1.807, 2.05) is 6.92 Å². The summed E-state index contributed by atoms with van der Waals surface area (Å²) in [6, 6.07) is 6.49. The molecule has 7 heteroatoms. The van der Waals surface area contributed by atoms with Crippen LogP contribution in [0.3, 0.4) is 0 Å². The van der Waals surface area contributed by atoms with E-state index >= 15 is 0 Å². The van der Waals surface area contributed by atoms with Crippen LogP contribution >= 0.6 is 11.6 Å². The summed E-state index contributed by atoms with van der Waals surface area (Å²) in [5, 5.41) is 0.215. The molecule has 1 aromatic carbocycles. The lowest BCUT2D eigenvalue weighted by Crippen LogP contribution is -2.18. The molecule has 0 amide bonds. The van der Waals surface area contributed by atoms with Crippen LogP contribution in [-0.2, 0) is 10.0 Å². The molecule has 1 heterocycles. The first-order chi connectivity index (χ1) is 9.72. The number of pyridine rings is 1. The molecule has 0 spiro atoms. The van der Waals surface area contributed by atoms with Gasteiger partial charge in [0.25, 0.3) is 10.0 Å². The topological polar surface area (TPSA) is 85.1 Å². The lowest BCUT2D eigenvalue weighted by molar-refractivity contribution is 0.599. The molecule has 0 saturated carbocycles. The first-order valence-corrected chi connectivity index (χ1v) is 8.10. The number of hydrogen-bond donors (Lipinski definition) is 2. The molecule has 0 bridgehead atoms. The summed E-state index contributed by atoms with van der Waals surface area (Å²) in [6.45, 7) is 5.26. The zero-order valence-corrected chi connectivity index (χ0v) is 13.5. The first-order valence-electron chi connectivity index (χ1n) is 6.24. The molecule has 0 unspecified atom stereocenters. The van der Waals surface area contributed by atoms with Gasteiger partial charge in [0.2, 0.25) is 0 Å². The van der Waals surface area contributed by atoms with Crippen molar-refractivity contribution in [1.29, 1.82) is 0 Å². The fourth-order valence-corrected chi connectivity index (χ4v) is 3.84. The van der Waals surface area contributed by atoms with Crippen molar-refractivity contribution in [3.63, 3.8) is 0 Å². The second-order valence-corrected chi connectivity index (χ2v) is 6.82. The van der Waals surface area contributed by atoms with Crippen LogP contribution < -0.4 is 10.5 Å². The SMILES string of the molecule is Cc1cc(N)c(C)c(S(=O)(=O)Nc2cccc(Cl)n2)c1C. The van der Waals surface area contributed by atoms with Crippen LogP contribution in [0.2, 0.25) is 5.15 Å². The standard InChI is InChI=1S/C14H16ClN3O2S/c1-8-7-11(16)10(3)14(9(8)2)21(19,20)18-13-6-4-5-12(15)17-13/h4-7H,16H2,1-3H3,(H,17,18). The van der Waals surface area contributed by atoms with Crippen LogP contribution in [0, 0.1) is 20.8 Å². The van der Waals surface area contributed by atoms with E-state index in [0.717, 1.165) is 5.56 Å². The third kappa shape index (κ3) is 3.11. The number of nitrogens with two attached hydrogens (primary N) is 1. The number of nitrogens with zero attached hydrogens (tertiary/aromatic N) is 1. The summed E-state index contributed by atoms with van der Waals surface area (Å²) in [5.41, 5.74) is 8.32. The molecule has 5 nitrogen and oxygen atoms in total. The van der Waals surface area contributed by atoms with Crippen molar-refractivity contribution in [3.8, 4) is 0 Å². The van der Waals surface area contributed by atoms with E-state index in [1.54, 1.807) is 32.0 Å². The Morgan fingerprint density at radius 3 is 2.48 bits per heavy atom. The van der Waals surface area contributed by atoms with Crippen LogP contribution in [0.4, 0.5) is 11.5 Å². The predicted octanol–water partition coefficient (Wildman–Crippen LogP) is 3.04. The highest BCUT2D eigenvalue weighted by molar-refractivity contribution is 7.92. The Labute approximate surface area is 129 Å². The number of aryl methyl sites for hydroxylation is 1. The first kappa shape index (κ1) is 15.6. The number of anilines is 2. The molecule has 0 aliphatic rings. The van der Waals surface area contributed by atoms with Gasteiger partial charge in [-0.15, -0.1) is 0 Å². The fourth-order valence-electron chi connectivity index (χ4n) is 2.10. The number of sulfonamides is 1. The number of nitrogens with one attached hydrogen (secondary N) is 1. The molecule has 0 atom stereocenters. The van der Waals surface area contributed by atoms with Crippen LogP contribution in [0.25, 0.3) is 0 Å². The van der Waals surface area contributed by atoms with Crippen molar-refractivity contribution in [3.05, 3.63) is 46.1 Å². The molecule has 0 aliphatic carbocycles. The summed E-state index contributed by atoms with van der Waals surface area (Å²) < 4.78 is 27.7. The number of benzene rings is 1. The predicted molar refractivity (Wildman–Crippen MR) is 85.1 cm³/mol. The van der Waals surface area contributed by atoms with Gasteiger partial charge in [-0.05, 0) is 55.7 Å². The maximum Gasteiger partial charge on any atom is 0.263 e. The van der Waals surface area contributed by atoms with Crippen LogP contribution in [0.1, 0.15) is 16.7 Å². The molecule has 1 aromatic heterocycles. The molecular formula is C14H16ClN3O2S. The summed E-state index contributed by atoms with van der Waals surface area (Å²) in [5.74, 6) is 0.168. The summed E-state index contributed by atoms with van der Waals surface area (Å²) in [6.07, 6.45) is 0. The highest BCUT2D eigenvalue weighted by Crippen LogP contribution is 2.29. The molecule has 21 heavy (non-hydrogen) atoms. The minimum absolute atomic E-state index is 0.168. The molecule has 0 fully saturated rings. The van der Waals surface area contributed by atoms with E-state index in [2.05, 4.69) is 9.71 Å². The minimum atomic E-state index is -3.79. The van der Waals surface area contributed by atoms with Crippen molar-refractivity contribution >= 4 is 33.1 Å². The third-order valence-electron chi connectivity index (χ3n) is 3.30. The maximum atomic E-state index is 12.6. The average molecular weight is 326 g/mol. The van der Waals surface area contributed by atoms with Crippen LogP contribution in [0.15, 0.2) is 29.2 Å². The smallest absolute Gasteiger partial charge is 0.263 e. The van der Waals surface area contributed by atoms with Crippen LogP contribution in [-0.4, -0.2) is 13.4 Å². The van der Waals surface area contributed by atoms with Crippen LogP contribution in [0.5, 0.6) is 0 Å². The zero-order chi connectivity index (χ0) is 15.8. The van der Waals surface area contributed by atoms with E-state index in [1.165, 1.54) is 6.07 Å². The lowest BCUT2D eigenvalue weighted by atomic mass is 10.1. The fraction of sp³-hybridized carbons (Fsp3) is 0.214. The largest absolute Gasteiger partial charge is 0.398 e. The lowest BCUT2D eigenvalue weighted by Gasteiger charge is -2.16. The van der Waals surface area contributed by atoms with E-state index in [4.69, 9.17) is 17.3 Å². The quantitative estimate of drug-likeness (QED) is 0.671. The molecular weight excluding hydrogens is 310 g/mol. The number of nitrogen functional groups attached to an aromatic ring is 1. The molecule has 0 saturated heterocycles. The second-order valence-electron chi connectivity index (χ2n) is 4.81. The molecule has 112 valence electrons. The van der Waals surface area contributed by atoms with Gasteiger partial charge in [-0.25, -0.2) is 13.4 Å². The number of aromatic nitrogens is 1. The van der Waals surface area contributed by atoms with Gasteiger partial charge >= 0.3 is 0 Å². The number of halogens is 1. The van der Waals surface area contributed by atoms with E-state index in [-0.39, 0.29) is 15.9 Å². The van der Waals surface area contributed by atoms with Gasteiger partial charge in [-0.3, -0.25) is 4.72 Å². The molecule has 0 aliphatic heterocycles. The average Bonchev–Trinajstić information content (AvgIpc) is 2.35. The van der Waals surface area contributed by atoms with Gasteiger partial charge in [0.1, 0.15) is 11.0 Å². The highest BCUT2D eigenvalue weighted by Gasteiger charge is 2.23. The van der Waals surface area contributed by atoms with E-state index in [0.29, 0.717) is 16.8 Å². The molecule has 2 aromatic rings. The normalized spacial score (nSPS) is 11.4. The third-order valence-corrected chi connectivity index (χ3v) is 5.14. The maximum absolute atomic E-state index is 12.6. The Morgan fingerprint density at radius 1 is 1.19 bits per heavy atom. The Bertz CT molecular complexity index is 778. The van der Waals surface area contributed by atoms with Crippen molar-refractivity contribution in [2.45, 2.75) is 25.7 Å².